The summed E-state index contributed by atoms with van der Waals surface area (Å²) >= 11 is 0. The summed E-state index contributed by atoms with van der Waals surface area (Å²) in [6.45, 7) is 1.92. The summed E-state index contributed by atoms with van der Waals surface area (Å²) in [5.74, 6) is 1.56. The van der Waals surface area contributed by atoms with Crippen molar-refractivity contribution in [3.05, 3.63) is 42.4 Å². The Bertz CT molecular complexity index is 984. The molecule has 0 saturated carbocycles. The van der Waals surface area contributed by atoms with Crippen molar-refractivity contribution >= 4 is 28.4 Å². The van der Waals surface area contributed by atoms with E-state index in [4.69, 9.17) is 5.73 Å². The number of nitrogens with one attached hydrogen (secondary N) is 3. The molecule has 5 N–H and O–H groups in total. The molecule has 4 rings (SSSR count). The first-order chi connectivity index (χ1) is 11.2. The summed E-state index contributed by atoms with van der Waals surface area (Å²) in [7, 11) is 0. The number of rotatable bonds is 3. The highest BCUT2D eigenvalue weighted by molar-refractivity contribution is 5.85. The van der Waals surface area contributed by atoms with E-state index >= 15 is 0 Å². The minimum atomic E-state index is 0.348. The van der Waals surface area contributed by atoms with E-state index in [1.165, 1.54) is 0 Å². The number of nitrogens with two attached hydrogens (primary N) is 1. The molecule has 0 fully saturated rings. The number of nitrogen functional groups attached to an aromatic ring is 1. The van der Waals surface area contributed by atoms with E-state index in [0.717, 1.165) is 22.2 Å². The van der Waals surface area contributed by atoms with E-state index in [2.05, 4.69) is 35.7 Å². The van der Waals surface area contributed by atoms with E-state index in [1.54, 1.807) is 12.4 Å². The van der Waals surface area contributed by atoms with Crippen LogP contribution in [0.15, 0.2) is 36.7 Å². The monoisotopic (exact) mass is 306 g/mol. The van der Waals surface area contributed by atoms with Crippen LogP contribution in [0.5, 0.6) is 0 Å². The van der Waals surface area contributed by atoms with Crippen LogP contribution in [0.3, 0.4) is 0 Å². The zero-order valence-electron chi connectivity index (χ0n) is 12.3. The van der Waals surface area contributed by atoms with Crippen molar-refractivity contribution < 1.29 is 0 Å². The van der Waals surface area contributed by atoms with E-state index in [-0.39, 0.29) is 0 Å². The predicted octanol–water partition coefficient (Wildman–Crippen LogP) is 2.38. The Hall–Kier alpha value is -3.42. The van der Waals surface area contributed by atoms with Crippen LogP contribution < -0.4 is 11.1 Å². The van der Waals surface area contributed by atoms with Crippen LogP contribution in [0.25, 0.3) is 22.2 Å². The predicted molar refractivity (Wildman–Crippen MR) is 88.1 cm³/mol. The highest BCUT2D eigenvalue weighted by Gasteiger charge is 2.09. The highest BCUT2D eigenvalue weighted by atomic mass is 15.2. The van der Waals surface area contributed by atoms with Crippen molar-refractivity contribution in [2.24, 2.45) is 0 Å². The van der Waals surface area contributed by atoms with Crippen molar-refractivity contribution in [2.75, 3.05) is 11.1 Å². The number of aromatic nitrogens is 6. The van der Waals surface area contributed by atoms with Crippen LogP contribution in [0.1, 0.15) is 5.69 Å². The molecule has 4 aromatic rings. The van der Waals surface area contributed by atoms with Crippen LogP contribution in [-0.2, 0) is 0 Å². The number of benzene rings is 1. The van der Waals surface area contributed by atoms with E-state index in [0.29, 0.717) is 23.1 Å². The minimum Gasteiger partial charge on any atom is -0.382 e. The number of anilines is 3. The maximum Gasteiger partial charge on any atom is 0.153 e. The van der Waals surface area contributed by atoms with Gasteiger partial charge < -0.3 is 11.1 Å². The smallest absolute Gasteiger partial charge is 0.153 e. The Kier molecular flexibility index (Phi) is 2.94. The quantitative estimate of drug-likeness (QED) is 0.461. The summed E-state index contributed by atoms with van der Waals surface area (Å²) in [5.41, 5.74) is 9.46. The van der Waals surface area contributed by atoms with Gasteiger partial charge in [0.15, 0.2) is 17.5 Å². The third-order valence-electron chi connectivity index (χ3n) is 3.48. The molecule has 0 atom stereocenters. The zero-order valence-corrected chi connectivity index (χ0v) is 12.3. The van der Waals surface area contributed by atoms with Gasteiger partial charge in [-0.15, -0.1) is 0 Å². The molecular formula is C15H14N8. The minimum absolute atomic E-state index is 0.348. The fraction of sp³-hybridized carbons (Fsp3) is 0.0667. The van der Waals surface area contributed by atoms with Crippen LogP contribution in [0.2, 0.25) is 0 Å². The Labute approximate surface area is 131 Å². The lowest BCUT2D eigenvalue weighted by atomic mass is 10.1. The lowest BCUT2D eigenvalue weighted by molar-refractivity contribution is 1.05. The van der Waals surface area contributed by atoms with E-state index in [9.17, 15) is 0 Å². The molecule has 1 aromatic carbocycles. The van der Waals surface area contributed by atoms with Gasteiger partial charge in [-0.3, -0.25) is 10.2 Å². The van der Waals surface area contributed by atoms with Gasteiger partial charge in [-0.1, -0.05) is 12.1 Å². The summed E-state index contributed by atoms with van der Waals surface area (Å²) in [6, 6.07) is 7.74. The molecule has 3 heterocycles. The van der Waals surface area contributed by atoms with Gasteiger partial charge in [-0.05, 0) is 13.0 Å². The first kappa shape index (κ1) is 13.3. The Morgan fingerprint density at radius 2 is 2.00 bits per heavy atom. The number of fused-ring (bicyclic) bond motifs is 1. The van der Waals surface area contributed by atoms with Crippen molar-refractivity contribution in [3.63, 3.8) is 0 Å². The number of hydrogen-bond acceptors (Lipinski definition) is 6. The molecular weight excluding hydrogens is 292 g/mol. The van der Waals surface area contributed by atoms with Gasteiger partial charge in [0.25, 0.3) is 0 Å². The fourth-order valence-corrected chi connectivity index (χ4v) is 2.38. The number of hydrogen-bond donors (Lipinski definition) is 4. The summed E-state index contributed by atoms with van der Waals surface area (Å²) < 4.78 is 0. The van der Waals surface area contributed by atoms with Crippen molar-refractivity contribution in [2.45, 2.75) is 6.92 Å². The molecule has 23 heavy (non-hydrogen) atoms. The number of H-pyrrole nitrogens is 2. The molecule has 0 aliphatic heterocycles. The SMILES string of the molecule is Cc1cc(Nc2cnc(-c3ccc4cn[nH]c4c3)c(N)n2)n[nH]1. The first-order valence-electron chi connectivity index (χ1n) is 7.04. The molecule has 0 spiro atoms. The molecule has 0 radical (unpaired) electrons. The van der Waals surface area contributed by atoms with Crippen LogP contribution in [-0.4, -0.2) is 30.4 Å². The number of nitrogens with zero attached hydrogens (tertiary/aromatic N) is 4. The molecule has 114 valence electrons. The van der Waals surface area contributed by atoms with Crippen molar-refractivity contribution in [1.82, 2.24) is 30.4 Å². The zero-order chi connectivity index (χ0) is 15.8. The van der Waals surface area contributed by atoms with Crippen LogP contribution in [0, 0.1) is 6.92 Å². The van der Waals surface area contributed by atoms with Crippen molar-refractivity contribution in [1.29, 1.82) is 0 Å². The molecule has 8 nitrogen and oxygen atoms in total. The van der Waals surface area contributed by atoms with Crippen LogP contribution in [0.4, 0.5) is 17.5 Å². The van der Waals surface area contributed by atoms with Gasteiger partial charge in [0.05, 0.1) is 17.9 Å². The van der Waals surface area contributed by atoms with Gasteiger partial charge in [-0.25, -0.2) is 9.97 Å². The summed E-state index contributed by atoms with van der Waals surface area (Å²) in [6.07, 6.45) is 3.40. The van der Waals surface area contributed by atoms with Gasteiger partial charge in [-0.2, -0.15) is 10.2 Å². The molecule has 0 amide bonds. The first-order valence-corrected chi connectivity index (χ1v) is 7.04. The largest absolute Gasteiger partial charge is 0.382 e. The molecule has 0 aliphatic rings. The second-order valence-corrected chi connectivity index (χ2v) is 5.22. The highest BCUT2D eigenvalue weighted by Crippen LogP contribution is 2.26. The molecule has 0 bridgehead atoms. The second-order valence-electron chi connectivity index (χ2n) is 5.22. The molecule has 0 aliphatic carbocycles. The Morgan fingerprint density at radius 3 is 2.78 bits per heavy atom. The summed E-state index contributed by atoms with van der Waals surface area (Å²) in [4.78, 5) is 8.77. The molecule has 3 aromatic heterocycles. The lowest BCUT2D eigenvalue weighted by Gasteiger charge is -2.07. The number of aryl methyl sites for hydroxylation is 1. The topological polar surface area (TPSA) is 121 Å². The van der Waals surface area contributed by atoms with Gasteiger partial charge in [0.1, 0.15) is 5.69 Å². The van der Waals surface area contributed by atoms with Crippen molar-refractivity contribution in [3.8, 4) is 11.3 Å². The maximum atomic E-state index is 6.06. The van der Waals surface area contributed by atoms with Gasteiger partial charge in [0.2, 0.25) is 0 Å². The number of aromatic amines is 2. The third kappa shape index (κ3) is 2.46. The molecule has 0 saturated heterocycles. The Balaban J connectivity index is 1.67. The van der Waals surface area contributed by atoms with E-state index in [1.807, 2.05) is 31.2 Å². The normalized spacial score (nSPS) is 11.0. The average molecular weight is 306 g/mol. The molecule has 0 unspecified atom stereocenters. The van der Waals surface area contributed by atoms with Gasteiger partial charge in [0, 0.05) is 22.7 Å². The van der Waals surface area contributed by atoms with Gasteiger partial charge >= 0.3 is 0 Å². The summed E-state index contributed by atoms with van der Waals surface area (Å²) in [5, 5.41) is 18.0. The van der Waals surface area contributed by atoms with E-state index < -0.39 is 0 Å². The second kappa shape index (κ2) is 5.09. The maximum absolute atomic E-state index is 6.06. The third-order valence-corrected chi connectivity index (χ3v) is 3.48. The Morgan fingerprint density at radius 1 is 1.09 bits per heavy atom. The fourth-order valence-electron chi connectivity index (χ4n) is 2.38. The lowest BCUT2D eigenvalue weighted by Crippen LogP contribution is -2.01. The standard InChI is InChI=1S/C15H14N8/c1-8-4-12(23-21-8)19-13-7-17-14(15(16)20-13)9-2-3-10-6-18-22-11(10)5-9/h2-7H,1H3,(H,18,22)(H4,16,19,20,21,23). The van der Waals surface area contributed by atoms with Crippen LogP contribution >= 0.6 is 0 Å². The average Bonchev–Trinajstić information content (AvgIpc) is 3.15. The molecule has 8 heteroatoms.